The van der Waals surface area contributed by atoms with Crippen molar-refractivity contribution in [3.8, 4) is 0 Å². The maximum atomic E-state index is 12.8. The van der Waals surface area contributed by atoms with Crippen LogP contribution in [0.2, 0.25) is 0 Å². The molecule has 2 heterocycles. The quantitative estimate of drug-likeness (QED) is 0.173. The zero-order valence-corrected chi connectivity index (χ0v) is 20.5. The second-order valence-corrected chi connectivity index (χ2v) is 9.06. The Labute approximate surface area is 197 Å². The molecule has 2 amide bonds. The topological polar surface area (TPSA) is 77.0 Å². The molecule has 168 valence electrons. The Morgan fingerprint density at radius 1 is 1.13 bits per heavy atom. The number of amides is 2. The highest BCUT2D eigenvalue weighted by molar-refractivity contribution is 14.0. The van der Waals surface area contributed by atoms with E-state index in [-0.39, 0.29) is 59.5 Å². The van der Waals surface area contributed by atoms with E-state index < -0.39 is 0 Å². The Hall–Kier alpha value is -1.16. The normalized spacial score (nSPS) is 33.1. The summed E-state index contributed by atoms with van der Waals surface area (Å²) in [4.78, 5) is 34.2. The fourth-order valence-corrected chi connectivity index (χ4v) is 5.61. The highest BCUT2D eigenvalue weighted by atomic mass is 127. The van der Waals surface area contributed by atoms with Gasteiger partial charge in [0.15, 0.2) is 5.96 Å². The predicted molar refractivity (Wildman–Crippen MR) is 129 cm³/mol. The van der Waals surface area contributed by atoms with Crippen LogP contribution in [0, 0.1) is 29.6 Å². The van der Waals surface area contributed by atoms with Crippen molar-refractivity contribution in [2.75, 3.05) is 45.8 Å². The van der Waals surface area contributed by atoms with Gasteiger partial charge in [0, 0.05) is 32.7 Å². The molecule has 8 heteroatoms. The Morgan fingerprint density at radius 3 is 2.47 bits per heavy atom. The Morgan fingerprint density at radius 2 is 1.83 bits per heavy atom. The van der Waals surface area contributed by atoms with E-state index in [2.05, 4.69) is 39.6 Å². The molecule has 2 aliphatic heterocycles. The first-order valence-electron chi connectivity index (χ1n) is 11.4. The molecule has 3 fully saturated rings. The van der Waals surface area contributed by atoms with Crippen molar-refractivity contribution in [2.24, 2.45) is 34.6 Å². The number of aliphatic imine (C=N–C) groups is 1. The fourth-order valence-electron chi connectivity index (χ4n) is 5.61. The number of nitrogens with one attached hydrogen (secondary N) is 2. The molecule has 7 nitrogen and oxygen atoms in total. The number of hydrogen-bond acceptors (Lipinski definition) is 4. The smallest absolute Gasteiger partial charge is 0.233 e. The number of allylic oxidation sites excluding steroid dienone is 2. The second-order valence-electron chi connectivity index (χ2n) is 9.06. The summed E-state index contributed by atoms with van der Waals surface area (Å²) in [6.07, 6.45) is 7.86. The molecule has 4 aliphatic rings. The minimum atomic E-state index is -0.105. The van der Waals surface area contributed by atoms with E-state index in [1.165, 1.54) is 24.3 Å². The molecule has 0 aromatic carbocycles. The standard InChI is InChI=1S/C22H35N5O2.HI/c1-3-23-22(24-8-11-26-10-4-5-15(2)14-26)25-9-12-27-20(28)18-16-6-7-17(13-16)19(18)21(27)29;/h6-7,15-19H,3-5,8-14H2,1-2H3,(H2,23,24,25);1H. The summed E-state index contributed by atoms with van der Waals surface area (Å²) in [5.41, 5.74) is 0. The third kappa shape index (κ3) is 4.84. The summed E-state index contributed by atoms with van der Waals surface area (Å²) < 4.78 is 0. The third-order valence-corrected chi connectivity index (χ3v) is 6.96. The van der Waals surface area contributed by atoms with E-state index in [1.54, 1.807) is 0 Å². The van der Waals surface area contributed by atoms with E-state index in [0.717, 1.165) is 44.5 Å². The third-order valence-electron chi connectivity index (χ3n) is 6.96. The molecule has 0 aromatic heterocycles. The summed E-state index contributed by atoms with van der Waals surface area (Å²) >= 11 is 0. The van der Waals surface area contributed by atoms with Gasteiger partial charge in [-0.1, -0.05) is 19.1 Å². The monoisotopic (exact) mass is 529 g/mol. The molecule has 2 bridgehead atoms. The van der Waals surface area contributed by atoms with Crippen molar-refractivity contribution >= 4 is 41.8 Å². The predicted octanol–water partition coefficient (Wildman–Crippen LogP) is 1.70. The van der Waals surface area contributed by atoms with E-state index in [1.807, 2.05) is 6.92 Å². The lowest BCUT2D eigenvalue weighted by Crippen LogP contribution is -2.44. The van der Waals surface area contributed by atoms with Crippen molar-refractivity contribution < 1.29 is 9.59 Å². The molecule has 30 heavy (non-hydrogen) atoms. The first-order chi connectivity index (χ1) is 14.1. The van der Waals surface area contributed by atoms with Crippen molar-refractivity contribution in [2.45, 2.75) is 33.1 Å². The van der Waals surface area contributed by atoms with Gasteiger partial charge in [-0.15, -0.1) is 24.0 Å². The summed E-state index contributed by atoms with van der Waals surface area (Å²) in [6, 6.07) is 0. The molecule has 0 aromatic rings. The van der Waals surface area contributed by atoms with Gasteiger partial charge >= 0.3 is 0 Å². The Bertz CT molecular complexity index is 667. The molecular weight excluding hydrogens is 493 g/mol. The molecule has 2 saturated heterocycles. The number of hydrogen-bond donors (Lipinski definition) is 2. The summed E-state index contributed by atoms with van der Waals surface area (Å²) in [5.74, 6) is 1.93. The van der Waals surface area contributed by atoms with Gasteiger partial charge in [-0.05, 0) is 50.5 Å². The average molecular weight is 529 g/mol. The van der Waals surface area contributed by atoms with Crippen LogP contribution in [0.4, 0.5) is 0 Å². The number of likely N-dealkylation sites (tertiary alicyclic amines) is 2. The van der Waals surface area contributed by atoms with Crippen LogP contribution in [-0.2, 0) is 9.59 Å². The highest BCUT2D eigenvalue weighted by Crippen LogP contribution is 2.52. The van der Waals surface area contributed by atoms with Crippen LogP contribution in [0.3, 0.4) is 0 Å². The van der Waals surface area contributed by atoms with Crippen molar-refractivity contribution in [1.82, 2.24) is 20.4 Å². The van der Waals surface area contributed by atoms with Gasteiger partial charge in [0.2, 0.25) is 11.8 Å². The fraction of sp³-hybridized carbons (Fsp3) is 0.773. The first-order valence-corrected chi connectivity index (χ1v) is 11.4. The zero-order chi connectivity index (χ0) is 20.4. The number of piperidine rings is 1. The van der Waals surface area contributed by atoms with Gasteiger partial charge < -0.3 is 15.5 Å². The van der Waals surface area contributed by atoms with Crippen molar-refractivity contribution in [3.05, 3.63) is 12.2 Å². The second kappa shape index (κ2) is 10.4. The van der Waals surface area contributed by atoms with Crippen LogP contribution in [0.5, 0.6) is 0 Å². The van der Waals surface area contributed by atoms with Gasteiger partial charge in [-0.2, -0.15) is 0 Å². The molecular formula is C22H36IN5O2. The first kappa shape index (κ1) is 23.5. The lowest BCUT2D eigenvalue weighted by atomic mass is 9.85. The minimum Gasteiger partial charge on any atom is -0.357 e. The van der Waals surface area contributed by atoms with Crippen molar-refractivity contribution in [1.29, 1.82) is 0 Å². The number of nitrogens with zero attached hydrogens (tertiary/aromatic N) is 3. The lowest BCUT2D eigenvalue weighted by molar-refractivity contribution is -0.140. The number of imide groups is 1. The average Bonchev–Trinajstić information content (AvgIpc) is 3.37. The molecule has 5 unspecified atom stereocenters. The van der Waals surface area contributed by atoms with E-state index >= 15 is 0 Å². The molecule has 0 spiro atoms. The maximum Gasteiger partial charge on any atom is 0.233 e. The van der Waals surface area contributed by atoms with Gasteiger partial charge in [0.1, 0.15) is 0 Å². The molecule has 4 rings (SSSR count). The van der Waals surface area contributed by atoms with Crippen LogP contribution >= 0.6 is 24.0 Å². The summed E-state index contributed by atoms with van der Waals surface area (Å²) in [6.45, 7) is 10.2. The number of carbonyl (C=O) groups excluding carboxylic acids is 2. The number of carbonyl (C=O) groups is 2. The van der Waals surface area contributed by atoms with E-state index in [4.69, 9.17) is 0 Å². The molecule has 1 saturated carbocycles. The Kier molecular flexibility index (Phi) is 8.17. The Balaban J connectivity index is 0.00000256. The van der Waals surface area contributed by atoms with Gasteiger partial charge in [0.25, 0.3) is 0 Å². The van der Waals surface area contributed by atoms with Crippen LogP contribution in [-0.4, -0.2) is 73.4 Å². The summed E-state index contributed by atoms with van der Waals surface area (Å²) in [5, 5.41) is 6.56. The largest absolute Gasteiger partial charge is 0.357 e. The van der Waals surface area contributed by atoms with Crippen molar-refractivity contribution in [3.63, 3.8) is 0 Å². The number of rotatable bonds is 7. The molecule has 0 radical (unpaired) electrons. The number of fused-ring (bicyclic) bond motifs is 5. The zero-order valence-electron chi connectivity index (χ0n) is 18.2. The van der Waals surface area contributed by atoms with E-state index in [9.17, 15) is 9.59 Å². The van der Waals surface area contributed by atoms with Gasteiger partial charge in [-0.25, -0.2) is 0 Å². The SMILES string of the molecule is CCNC(=NCCN1CCCC(C)C1)NCCN1C(=O)C2C3C=CC(C3)C2C1=O.I. The van der Waals surface area contributed by atoms with Crippen LogP contribution in [0.15, 0.2) is 17.1 Å². The lowest BCUT2D eigenvalue weighted by Gasteiger charge is -2.30. The molecule has 2 N–H and O–H groups in total. The van der Waals surface area contributed by atoms with Gasteiger partial charge in [-0.3, -0.25) is 19.5 Å². The van der Waals surface area contributed by atoms with Crippen LogP contribution in [0.1, 0.15) is 33.1 Å². The number of halogens is 1. The maximum absolute atomic E-state index is 12.8. The van der Waals surface area contributed by atoms with Crippen LogP contribution in [0.25, 0.3) is 0 Å². The molecule has 2 aliphatic carbocycles. The summed E-state index contributed by atoms with van der Waals surface area (Å²) in [7, 11) is 0. The van der Waals surface area contributed by atoms with Gasteiger partial charge in [0.05, 0.1) is 18.4 Å². The highest BCUT2D eigenvalue weighted by Gasteiger charge is 2.58. The number of guanidine groups is 1. The molecule has 5 atom stereocenters. The minimum absolute atomic E-state index is 0. The van der Waals surface area contributed by atoms with E-state index in [0.29, 0.717) is 13.1 Å². The van der Waals surface area contributed by atoms with Crippen LogP contribution < -0.4 is 10.6 Å².